The number of hydrogen-bond acceptors (Lipinski definition) is 2. The zero-order chi connectivity index (χ0) is 12.4. The standard InChI is InChI=1S/C15H13ClS2/c16-10-4-6-11-5-3-9-14-15(11)18-13-8-2-1-7-12(13)17-14/h1-3,5,7-9H,4,6,10H2. The van der Waals surface area contributed by atoms with Crippen LogP contribution < -0.4 is 0 Å². The van der Waals surface area contributed by atoms with Crippen LogP contribution in [0.3, 0.4) is 0 Å². The molecule has 2 aromatic rings. The van der Waals surface area contributed by atoms with Gasteiger partial charge in [0.15, 0.2) is 0 Å². The summed E-state index contributed by atoms with van der Waals surface area (Å²) in [5.74, 6) is 0.734. The van der Waals surface area contributed by atoms with Crippen LogP contribution in [0.15, 0.2) is 62.0 Å². The Kier molecular flexibility index (Phi) is 3.88. The fourth-order valence-corrected chi connectivity index (χ4v) is 4.62. The number of halogens is 1. The zero-order valence-electron chi connectivity index (χ0n) is 9.86. The first-order chi connectivity index (χ1) is 8.88. The lowest BCUT2D eigenvalue weighted by atomic mass is 10.1. The molecule has 0 bridgehead atoms. The van der Waals surface area contributed by atoms with Gasteiger partial charge >= 0.3 is 0 Å². The third-order valence-corrected chi connectivity index (χ3v) is 5.85. The largest absolute Gasteiger partial charge is 0.127 e. The molecule has 0 amide bonds. The van der Waals surface area contributed by atoms with Crippen LogP contribution in [-0.4, -0.2) is 5.88 Å². The molecule has 0 saturated carbocycles. The highest BCUT2D eigenvalue weighted by Gasteiger charge is 2.18. The Labute approximate surface area is 121 Å². The Morgan fingerprint density at radius 3 is 2.33 bits per heavy atom. The van der Waals surface area contributed by atoms with Crippen LogP contribution in [0.25, 0.3) is 0 Å². The molecule has 1 aliphatic rings. The van der Waals surface area contributed by atoms with Crippen LogP contribution >= 0.6 is 35.1 Å². The first kappa shape index (κ1) is 12.5. The van der Waals surface area contributed by atoms with E-state index in [1.165, 1.54) is 25.1 Å². The van der Waals surface area contributed by atoms with Gasteiger partial charge in [0.05, 0.1) is 0 Å². The SMILES string of the molecule is ClCCCc1cccc2c1Sc1ccccc1S2. The van der Waals surface area contributed by atoms with Gasteiger partial charge in [-0.25, -0.2) is 0 Å². The minimum absolute atomic E-state index is 0.734. The van der Waals surface area contributed by atoms with Crippen molar-refractivity contribution in [3.05, 3.63) is 48.0 Å². The number of rotatable bonds is 3. The zero-order valence-corrected chi connectivity index (χ0v) is 12.2. The van der Waals surface area contributed by atoms with Crippen LogP contribution in [0.1, 0.15) is 12.0 Å². The molecule has 0 saturated heterocycles. The fraction of sp³-hybridized carbons (Fsp3) is 0.200. The van der Waals surface area contributed by atoms with E-state index in [0.717, 1.165) is 18.7 Å². The van der Waals surface area contributed by atoms with Crippen LogP contribution in [0.2, 0.25) is 0 Å². The molecule has 0 N–H and O–H groups in total. The third kappa shape index (κ3) is 2.42. The summed E-state index contributed by atoms with van der Waals surface area (Å²) in [5, 5.41) is 0. The normalized spacial score (nSPS) is 12.9. The van der Waals surface area contributed by atoms with Gasteiger partial charge in [-0.15, -0.1) is 11.6 Å². The molecule has 0 nitrogen and oxygen atoms in total. The van der Waals surface area contributed by atoms with Crippen molar-refractivity contribution >= 4 is 35.1 Å². The molecule has 0 aliphatic carbocycles. The van der Waals surface area contributed by atoms with Gasteiger partial charge in [0.2, 0.25) is 0 Å². The van der Waals surface area contributed by atoms with Crippen molar-refractivity contribution in [2.24, 2.45) is 0 Å². The summed E-state index contributed by atoms with van der Waals surface area (Å²) >= 11 is 9.58. The summed E-state index contributed by atoms with van der Waals surface area (Å²) < 4.78 is 0. The Morgan fingerprint density at radius 2 is 1.56 bits per heavy atom. The van der Waals surface area contributed by atoms with Crippen molar-refractivity contribution in [1.29, 1.82) is 0 Å². The highest BCUT2D eigenvalue weighted by atomic mass is 35.5. The quantitative estimate of drug-likeness (QED) is 0.587. The molecule has 1 heterocycles. The molecule has 92 valence electrons. The fourth-order valence-electron chi connectivity index (χ4n) is 2.06. The summed E-state index contributed by atoms with van der Waals surface area (Å²) in [7, 11) is 0. The lowest BCUT2D eigenvalue weighted by Crippen LogP contribution is -1.95. The first-order valence-corrected chi connectivity index (χ1v) is 8.18. The molecular weight excluding hydrogens is 280 g/mol. The average molecular weight is 293 g/mol. The van der Waals surface area contributed by atoms with Crippen molar-refractivity contribution in [2.75, 3.05) is 5.88 Å². The van der Waals surface area contributed by atoms with Gasteiger partial charge in [-0.1, -0.05) is 47.8 Å². The van der Waals surface area contributed by atoms with E-state index in [2.05, 4.69) is 42.5 Å². The van der Waals surface area contributed by atoms with Gasteiger partial charge < -0.3 is 0 Å². The molecule has 0 spiro atoms. The molecule has 0 fully saturated rings. The second-order valence-corrected chi connectivity index (χ2v) is 6.70. The van der Waals surface area contributed by atoms with Crippen molar-refractivity contribution in [3.8, 4) is 0 Å². The predicted molar refractivity (Wildman–Crippen MR) is 80.2 cm³/mol. The molecule has 1 aliphatic heterocycles. The van der Waals surface area contributed by atoms with Gasteiger partial charge in [0.25, 0.3) is 0 Å². The van der Waals surface area contributed by atoms with E-state index in [-0.39, 0.29) is 0 Å². The van der Waals surface area contributed by atoms with Crippen LogP contribution in [0.4, 0.5) is 0 Å². The van der Waals surface area contributed by atoms with Crippen LogP contribution in [-0.2, 0) is 6.42 Å². The second-order valence-electron chi connectivity index (χ2n) is 4.19. The maximum absolute atomic E-state index is 5.80. The number of fused-ring (bicyclic) bond motifs is 2. The summed E-state index contributed by atoms with van der Waals surface area (Å²) in [6.07, 6.45) is 2.12. The van der Waals surface area contributed by atoms with Gasteiger partial charge in [-0.05, 0) is 36.6 Å². The van der Waals surface area contributed by atoms with Gasteiger partial charge in [0, 0.05) is 25.5 Å². The van der Waals surface area contributed by atoms with Crippen LogP contribution in [0, 0.1) is 0 Å². The smallest absolute Gasteiger partial charge is 0.0294 e. The van der Waals surface area contributed by atoms with E-state index in [1.807, 2.05) is 23.5 Å². The van der Waals surface area contributed by atoms with Crippen molar-refractivity contribution in [2.45, 2.75) is 32.4 Å². The summed E-state index contributed by atoms with van der Waals surface area (Å²) in [6, 6.07) is 15.2. The number of hydrogen-bond donors (Lipinski definition) is 0. The lowest BCUT2D eigenvalue weighted by Gasteiger charge is -2.20. The Balaban J connectivity index is 1.97. The molecule has 0 atom stereocenters. The lowest BCUT2D eigenvalue weighted by molar-refractivity contribution is 0.892. The molecule has 3 rings (SSSR count). The van der Waals surface area contributed by atoms with Gasteiger partial charge in [-0.2, -0.15) is 0 Å². The maximum atomic E-state index is 5.80. The van der Waals surface area contributed by atoms with Gasteiger partial charge in [-0.3, -0.25) is 0 Å². The van der Waals surface area contributed by atoms with E-state index in [9.17, 15) is 0 Å². The van der Waals surface area contributed by atoms with Crippen molar-refractivity contribution in [1.82, 2.24) is 0 Å². The van der Waals surface area contributed by atoms with E-state index < -0.39 is 0 Å². The third-order valence-electron chi connectivity index (χ3n) is 2.92. The number of alkyl halides is 1. The van der Waals surface area contributed by atoms with E-state index in [4.69, 9.17) is 11.6 Å². The maximum Gasteiger partial charge on any atom is 0.0294 e. The Hall–Kier alpha value is -0.570. The minimum atomic E-state index is 0.734. The minimum Gasteiger partial charge on any atom is -0.127 e. The number of aryl methyl sites for hydroxylation is 1. The highest BCUT2D eigenvalue weighted by Crippen LogP contribution is 2.49. The van der Waals surface area contributed by atoms with Crippen LogP contribution in [0.5, 0.6) is 0 Å². The van der Waals surface area contributed by atoms with E-state index in [1.54, 1.807) is 0 Å². The predicted octanol–water partition coefficient (Wildman–Crippen LogP) is 5.47. The molecule has 0 aromatic heterocycles. The highest BCUT2D eigenvalue weighted by molar-refractivity contribution is 8.05. The molecule has 18 heavy (non-hydrogen) atoms. The first-order valence-electron chi connectivity index (χ1n) is 6.01. The Bertz CT molecular complexity index is 566. The summed E-state index contributed by atoms with van der Waals surface area (Å²) in [5.41, 5.74) is 1.43. The van der Waals surface area contributed by atoms with Crippen molar-refractivity contribution < 1.29 is 0 Å². The molecule has 3 heteroatoms. The second kappa shape index (κ2) is 5.60. The van der Waals surface area contributed by atoms with Crippen molar-refractivity contribution in [3.63, 3.8) is 0 Å². The van der Waals surface area contributed by atoms with E-state index in [0.29, 0.717) is 0 Å². The summed E-state index contributed by atoms with van der Waals surface area (Å²) in [6.45, 7) is 0. The monoisotopic (exact) mass is 292 g/mol. The molecule has 0 radical (unpaired) electrons. The molecule has 0 unspecified atom stereocenters. The van der Waals surface area contributed by atoms with E-state index >= 15 is 0 Å². The average Bonchev–Trinajstić information content (AvgIpc) is 2.43. The summed E-state index contributed by atoms with van der Waals surface area (Å²) in [4.78, 5) is 5.54. The van der Waals surface area contributed by atoms with Gasteiger partial charge in [0.1, 0.15) is 0 Å². The molecular formula is C15H13ClS2. The number of benzene rings is 2. The molecule has 2 aromatic carbocycles. The topological polar surface area (TPSA) is 0 Å². The Morgan fingerprint density at radius 1 is 0.833 bits per heavy atom.